The largest absolute Gasteiger partial charge is 0.494 e. The first-order valence-electron chi connectivity index (χ1n) is 8.02. The second kappa shape index (κ2) is 8.05. The smallest absolute Gasteiger partial charge is 0.240 e. The number of nitrogens with one attached hydrogen (secondary N) is 1. The second-order valence-corrected chi connectivity index (χ2v) is 8.42. The van der Waals surface area contributed by atoms with E-state index in [2.05, 4.69) is 4.72 Å². The first-order chi connectivity index (χ1) is 12.5. The van der Waals surface area contributed by atoms with E-state index < -0.39 is 16.1 Å². The summed E-state index contributed by atoms with van der Waals surface area (Å²) in [6.45, 7) is 2.53. The van der Waals surface area contributed by atoms with Crippen molar-refractivity contribution >= 4 is 21.4 Å². The molecule has 0 amide bonds. The number of aliphatic hydroxyl groups is 1. The lowest BCUT2D eigenvalue weighted by Gasteiger charge is -2.07. The van der Waals surface area contributed by atoms with E-state index in [1.807, 2.05) is 6.92 Å². The lowest BCUT2D eigenvalue weighted by molar-refractivity contribution is 0.193. The van der Waals surface area contributed by atoms with E-state index in [1.165, 1.54) is 29.7 Å². The van der Waals surface area contributed by atoms with E-state index in [0.29, 0.717) is 23.0 Å². The molecule has 3 aromatic rings. The van der Waals surface area contributed by atoms with Gasteiger partial charge in [0.05, 0.1) is 17.8 Å². The zero-order chi connectivity index (χ0) is 18.6. The maximum absolute atomic E-state index is 12.4. The Hall–Kier alpha value is -2.13. The van der Waals surface area contributed by atoms with E-state index in [-0.39, 0.29) is 11.4 Å². The monoisotopic (exact) mass is 393 g/mol. The van der Waals surface area contributed by atoms with Crippen LogP contribution in [0, 0.1) is 0 Å². The van der Waals surface area contributed by atoms with Gasteiger partial charge in [-0.25, -0.2) is 13.1 Å². The predicted octanol–water partition coefficient (Wildman–Crippen LogP) is 3.30. The summed E-state index contributed by atoms with van der Waals surface area (Å²) < 4.78 is 37.9. The van der Waals surface area contributed by atoms with Crippen molar-refractivity contribution in [3.63, 3.8) is 0 Å². The fourth-order valence-electron chi connectivity index (χ4n) is 2.35. The van der Waals surface area contributed by atoms with Crippen LogP contribution in [-0.4, -0.2) is 20.1 Å². The van der Waals surface area contributed by atoms with Crippen LogP contribution in [-0.2, 0) is 16.6 Å². The third kappa shape index (κ3) is 4.34. The van der Waals surface area contributed by atoms with E-state index >= 15 is 0 Å². The number of ether oxygens (including phenoxy) is 1. The molecule has 0 bridgehead atoms. The van der Waals surface area contributed by atoms with Crippen molar-refractivity contribution in [1.82, 2.24) is 4.72 Å². The van der Waals surface area contributed by atoms with Gasteiger partial charge in [-0.1, -0.05) is 0 Å². The van der Waals surface area contributed by atoms with E-state index in [1.54, 1.807) is 36.4 Å². The molecule has 2 aromatic heterocycles. The Morgan fingerprint density at radius 3 is 2.62 bits per heavy atom. The molecule has 6 nitrogen and oxygen atoms in total. The van der Waals surface area contributed by atoms with Gasteiger partial charge in [0.2, 0.25) is 10.0 Å². The van der Waals surface area contributed by atoms with Crippen molar-refractivity contribution in [2.45, 2.75) is 24.5 Å². The summed E-state index contributed by atoms with van der Waals surface area (Å²) in [5.74, 6) is 1.08. The van der Waals surface area contributed by atoms with Crippen LogP contribution in [0.4, 0.5) is 0 Å². The van der Waals surface area contributed by atoms with Gasteiger partial charge in [0, 0.05) is 16.3 Å². The third-order valence-electron chi connectivity index (χ3n) is 3.65. The van der Waals surface area contributed by atoms with Crippen molar-refractivity contribution in [2.24, 2.45) is 0 Å². The maximum atomic E-state index is 12.4. The molecule has 0 saturated carbocycles. The van der Waals surface area contributed by atoms with Gasteiger partial charge in [-0.2, -0.15) is 0 Å². The number of furan rings is 1. The zero-order valence-electron chi connectivity index (χ0n) is 14.1. The summed E-state index contributed by atoms with van der Waals surface area (Å²) in [7, 11) is -3.62. The topological polar surface area (TPSA) is 88.8 Å². The summed E-state index contributed by atoms with van der Waals surface area (Å²) in [6.07, 6.45) is 0.643. The first kappa shape index (κ1) is 18.7. The van der Waals surface area contributed by atoms with Gasteiger partial charge in [0.1, 0.15) is 17.6 Å². The Bertz CT molecular complexity index is 930. The lowest BCUT2D eigenvalue weighted by atomic mass is 10.2. The van der Waals surface area contributed by atoms with Crippen molar-refractivity contribution in [1.29, 1.82) is 0 Å². The van der Waals surface area contributed by atoms with Gasteiger partial charge in [0.25, 0.3) is 0 Å². The van der Waals surface area contributed by atoms with Gasteiger partial charge < -0.3 is 14.3 Å². The van der Waals surface area contributed by atoms with Crippen LogP contribution < -0.4 is 9.46 Å². The molecular weight excluding hydrogens is 374 g/mol. The Morgan fingerprint density at radius 1 is 1.19 bits per heavy atom. The van der Waals surface area contributed by atoms with E-state index in [9.17, 15) is 13.5 Å². The molecule has 2 heterocycles. The number of sulfonamides is 1. The van der Waals surface area contributed by atoms with Crippen molar-refractivity contribution in [3.05, 3.63) is 70.3 Å². The van der Waals surface area contributed by atoms with Crippen LogP contribution in [0.25, 0.3) is 0 Å². The fourth-order valence-corrected chi connectivity index (χ4v) is 4.40. The number of hydrogen-bond donors (Lipinski definition) is 2. The van der Waals surface area contributed by atoms with Crippen LogP contribution in [0.2, 0.25) is 0 Å². The summed E-state index contributed by atoms with van der Waals surface area (Å²) in [4.78, 5) is 1.66. The molecule has 3 rings (SSSR count). The number of aliphatic hydroxyl groups excluding tert-OH is 1. The van der Waals surface area contributed by atoms with Crippen LogP contribution >= 0.6 is 11.3 Å². The minimum absolute atomic E-state index is 0.144. The highest BCUT2D eigenvalue weighted by atomic mass is 32.2. The number of thiophene rings is 1. The average Bonchev–Trinajstić information content (AvgIpc) is 3.32. The minimum atomic E-state index is -3.62. The van der Waals surface area contributed by atoms with Gasteiger partial charge in [-0.05, 0) is 55.5 Å². The number of rotatable bonds is 8. The van der Waals surface area contributed by atoms with E-state index in [0.717, 1.165) is 4.88 Å². The molecule has 0 fully saturated rings. The summed E-state index contributed by atoms with van der Waals surface area (Å²) in [6, 6.07) is 13.2. The molecule has 0 aliphatic heterocycles. The van der Waals surface area contributed by atoms with Gasteiger partial charge in [0.15, 0.2) is 0 Å². The first-order valence-corrected chi connectivity index (χ1v) is 10.3. The Labute approximate surface area is 156 Å². The molecule has 8 heteroatoms. The zero-order valence-corrected chi connectivity index (χ0v) is 15.7. The molecule has 0 saturated heterocycles. The van der Waals surface area contributed by atoms with Gasteiger partial charge in [-0.15, -0.1) is 11.3 Å². The lowest BCUT2D eigenvalue weighted by Crippen LogP contribution is -2.22. The standard InChI is InChI=1S/C18H19NO5S2/c1-2-23-13-5-8-15(9-6-13)26(21,22)19-12-14-7-10-17(25-14)18(20)16-4-3-11-24-16/h3-11,18-20H,2,12H2,1H3. The summed E-state index contributed by atoms with van der Waals surface area (Å²) >= 11 is 1.33. The van der Waals surface area contributed by atoms with Gasteiger partial charge >= 0.3 is 0 Å². The molecule has 1 atom stereocenters. The van der Waals surface area contributed by atoms with E-state index in [4.69, 9.17) is 9.15 Å². The predicted molar refractivity (Wildman–Crippen MR) is 98.7 cm³/mol. The van der Waals surface area contributed by atoms with Crippen LogP contribution in [0.15, 0.2) is 64.1 Å². The normalized spacial score (nSPS) is 12.8. The van der Waals surface area contributed by atoms with Gasteiger partial charge in [-0.3, -0.25) is 0 Å². The third-order valence-corrected chi connectivity index (χ3v) is 6.20. The molecule has 1 aromatic carbocycles. The number of hydrogen-bond acceptors (Lipinski definition) is 6. The molecular formula is C18H19NO5S2. The molecule has 138 valence electrons. The molecule has 26 heavy (non-hydrogen) atoms. The highest BCUT2D eigenvalue weighted by Crippen LogP contribution is 2.29. The summed E-state index contributed by atoms with van der Waals surface area (Å²) in [5.41, 5.74) is 0. The van der Waals surface area contributed by atoms with Crippen molar-refractivity contribution < 1.29 is 22.7 Å². The number of benzene rings is 1. The summed E-state index contributed by atoms with van der Waals surface area (Å²) in [5, 5.41) is 10.2. The molecule has 1 unspecified atom stereocenters. The minimum Gasteiger partial charge on any atom is -0.494 e. The quantitative estimate of drug-likeness (QED) is 0.613. The SMILES string of the molecule is CCOc1ccc(S(=O)(=O)NCc2ccc(C(O)c3ccco3)s2)cc1. The second-order valence-electron chi connectivity index (χ2n) is 5.45. The van der Waals surface area contributed by atoms with Crippen LogP contribution in [0.5, 0.6) is 5.75 Å². The molecule has 0 spiro atoms. The molecule has 2 N–H and O–H groups in total. The molecule has 0 aliphatic rings. The Morgan fingerprint density at radius 2 is 1.96 bits per heavy atom. The van der Waals surface area contributed by atoms with Crippen LogP contribution in [0.3, 0.4) is 0 Å². The van der Waals surface area contributed by atoms with Crippen LogP contribution in [0.1, 0.15) is 28.5 Å². The van der Waals surface area contributed by atoms with Crippen molar-refractivity contribution in [2.75, 3.05) is 6.61 Å². The molecule has 0 radical (unpaired) electrons. The highest BCUT2D eigenvalue weighted by Gasteiger charge is 2.17. The van der Waals surface area contributed by atoms with Crippen molar-refractivity contribution in [3.8, 4) is 5.75 Å². The molecule has 0 aliphatic carbocycles. The fraction of sp³-hybridized carbons (Fsp3) is 0.222. The Balaban J connectivity index is 1.64. The Kier molecular flexibility index (Phi) is 5.77. The maximum Gasteiger partial charge on any atom is 0.240 e. The average molecular weight is 393 g/mol. The highest BCUT2D eigenvalue weighted by molar-refractivity contribution is 7.89.